The molecular formula is C16H16N2O2. The first-order chi connectivity index (χ1) is 9.47. The van der Waals surface area contributed by atoms with E-state index in [1.807, 2.05) is 32.9 Å². The second-order valence-electron chi connectivity index (χ2n) is 5.11. The first-order valence-corrected chi connectivity index (χ1v) is 6.55. The van der Waals surface area contributed by atoms with Gasteiger partial charge in [-0.05, 0) is 38.0 Å². The van der Waals surface area contributed by atoms with Crippen LogP contribution in [0.15, 0.2) is 27.4 Å². The van der Waals surface area contributed by atoms with E-state index in [0.717, 1.165) is 16.6 Å². The largest absolute Gasteiger partial charge is 0.446 e. The Morgan fingerprint density at radius 1 is 1.15 bits per heavy atom. The summed E-state index contributed by atoms with van der Waals surface area (Å²) in [4.78, 5) is 19.9. The van der Waals surface area contributed by atoms with Crippen LogP contribution in [-0.4, -0.2) is 9.97 Å². The van der Waals surface area contributed by atoms with Crippen molar-refractivity contribution < 1.29 is 4.42 Å². The van der Waals surface area contributed by atoms with Crippen LogP contribution in [0, 0.1) is 27.7 Å². The number of oxazole rings is 1. The van der Waals surface area contributed by atoms with E-state index in [-0.39, 0.29) is 5.43 Å². The quantitative estimate of drug-likeness (QED) is 0.735. The molecule has 0 aliphatic carbocycles. The van der Waals surface area contributed by atoms with Gasteiger partial charge in [0.1, 0.15) is 11.5 Å². The van der Waals surface area contributed by atoms with Gasteiger partial charge in [0.15, 0.2) is 11.3 Å². The van der Waals surface area contributed by atoms with Gasteiger partial charge in [0.2, 0.25) is 0 Å². The minimum absolute atomic E-state index is 0.00287. The normalized spacial score (nSPS) is 11.2. The Labute approximate surface area is 116 Å². The van der Waals surface area contributed by atoms with Gasteiger partial charge in [0.25, 0.3) is 0 Å². The van der Waals surface area contributed by atoms with Crippen molar-refractivity contribution in [2.45, 2.75) is 27.7 Å². The van der Waals surface area contributed by atoms with Crippen LogP contribution in [-0.2, 0) is 0 Å². The zero-order chi connectivity index (χ0) is 14.4. The molecule has 0 atom stereocenters. The lowest BCUT2D eigenvalue weighted by Gasteiger charge is -2.07. The number of fused-ring (bicyclic) bond motifs is 1. The van der Waals surface area contributed by atoms with E-state index in [1.165, 1.54) is 0 Å². The highest BCUT2D eigenvalue weighted by atomic mass is 16.4. The van der Waals surface area contributed by atoms with Crippen molar-refractivity contribution in [3.05, 3.63) is 51.2 Å². The maximum Gasteiger partial charge on any atom is 0.191 e. The summed E-state index contributed by atoms with van der Waals surface area (Å²) in [6.07, 6.45) is 0. The topological polar surface area (TPSA) is 58.9 Å². The molecule has 4 heteroatoms. The molecular weight excluding hydrogens is 252 g/mol. The molecule has 1 aromatic carbocycles. The average molecular weight is 268 g/mol. The molecule has 102 valence electrons. The predicted octanol–water partition coefficient (Wildman–Crippen LogP) is 3.42. The average Bonchev–Trinajstić information content (AvgIpc) is 2.73. The smallest absolute Gasteiger partial charge is 0.191 e. The Balaban J connectivity index is 2.37. The zero-order valence-electron chi connectivity index (χ0n) is 12.0. The van der Waals surface area contributed by atoms with Gasteiger partial charge in [-0.25, -0.2) is 4.98 Å². The fourth-order valence-corrected chi connectivity index (χ4v) is 2.47. The van der Waals surface area contributed by atoms with Crippen LogP contribution in [0.3, 0.4) is 0 Å². The molecule has 0 saturated carbocycles. The van der Waals surface area contributed by atoms with Crippen LogP contribution < -0.4 is 5.43 Å². The highest BCUT2D eigenvalue weighted by molar-refractivity contribution is 5.84. The van der Waals surface area contributed by atoms with Gasteiger partial charge >= 0.3 is 0 Å². The second-order valence-corrected chi connectivity index (χ2v) is 5.11. The molecule has 0 spiro atoms. The van der Waals surface area contributed by atoms with Crippen LogP contribution in [0.4, 0.5) is 0 Å². The molecule has 3 aromatic rings. The minimum atomic E-state index is -0.00287. The number of H-pyrrole nitrogens is 1. The van der Waals surface area contributed by atoms with Crippen molar-refractivity contribution in [2.24, 2.45) is 0 Å². The fraction of sp³-hybridized carbons (Fsp3) is 0.250. The highest BCUT2D eigenvalue weighted by Gasteiger charge is 2.13. The number of nitrogens with one attached hydrogen (secondary N) is 1. The number of hydrogen-bond acceptors (Lipinski definition) is 3. The van der Waals surface area contributed by atoms with E-state index < -0.39 is 0 Å². The Morgan fingerprint density at radius 3 is 2.55 bits per heavy atom. The van der Waals surface area contributed by atoms with Gasteiger partial charge < -0.3 is 9.40 Å². The summed E-state index contributed by atoms with van der Waals surface area (Å²) in [6, 6.07) is 5.42. The molecule has 0 aliphatic rings. The molecule has 1 N–H and O–H groups in total. The molecule has 0 bridgehead atoms. The molecule has 4 nitrogen and oxygen atoms in total. The lowest BCUT2D eigenvalue weighted by Crippen LogP contribution is -2.05. The summed E-state index contributed by atoms with van der Waals surface area (Å²) in [7, 11) is 0. The molecule has 2 heterocycles. The number of aromatic amines is 1. The number of aryl methyl sites for hydroxylation is 4. The van der Waals surface area contributed by atoms with Gasteiger partial charge in [0, 0.05) is 18.4 Å². The van der Waals surface area contributed by atoms with Crippen LogP contribution in [0.25, 0.3) is 22.3 Å². The maximum absolute atomic E-state index is 12.3. The van der Waals surface area contributed by atoms with Crippen molar-refractivity contribution in [1.29, 1.82) is 0 Å². The lowest BCUT2D eigenvalue weighted by atomic mass is 10.0. The van der Waals surface area contributed by atoms with Crippen LogP contribution in [0.2, 0.25) is 0 Å². The molecule has 2 aromatic heterocycles. The van der Waals surface area contributed by atoms with E-state index in [1.54, 1.807) is 13.0 Å². The Bertz CT molecular complexity index is 872. The van der Waals surface area contributed by atoms with E-state index >= 15 is 0 Å². The monoisotopic (exact) mass is 268 g/mol. The fourth-order valence-electron chi connectivity index (χ4n) is 2.47. The predicted molar refractivity (Wildman–Crippen MR) is 79.0 cm³/mol. The third kappa shape index (κ3) is 1.84. The number of nitrogens with zero attached hydrogens (tertiary/aromatic N) is 1. The Kier molecular flexibility index (Phi) is 2.74. The highest BCUT2D eigenvalue weighted by Crippen LogP contribution is 2.24. The molecule has 0 fully saturated rings. The summed E-state index contributed by atoms with van der Waals surface area (Å²) >= 11 is 0. The summed E-state index contributed by atoms with van der Waals surface area (Å²) in [5.74, 6) is 1.31. The van der Waals surface area contributed by atoms with Crippen molar-refractivity contribution in [3.8, 4) is 11.4 Å². The zero-order valence-corrected chi connectivity index (χ0v) is 12.0. The molecule has 3 rings (SSSR count). The van der Waals surface area contributed by atoms with E-state index in [9.17, 15) is 4.79 Å². The second kappa shape index (κ2) is 4.34. The first-order valence-electron chi connectivity index (χ1n) is 6.55. The van der Waals surface area contributed by atoms with Crippen molar-refractivity contribution in [2.75, 3.05) is 0 Å². The number of hydrogen-bond donors (Lipinski definition) is 1. The minimum Gasteiger partial charge on any atom is -0.446 e. The van der Waals surface area contributed by atoms with Crippen LogP contribution >= 0.6 is 0 Å². The van der Waals surface area contributed by atoms with Crippen molar-refractivity contribution in [3.63, 3.8) is 0 Å². The molecule has 0 saturated heterocycles. The number of pyridine rings is 1. The van der Waals surface area contributed by atoms with Crippen LogP contribution in [0.5, 0.6) is 0 Å². The Hall–Kier alpha value is -2.36. The van der Waals surface area contributed by atoms with Gasteiger partial charge in [-0.1, -0.05) is 6.07 Å². The summed E-state index contributed by atoms with van der Waals surface area (Å²) in [5.41, 5.74) is 4.50. The van der Waals surface area contributed by atoms with Crippen molar-refractivity contribution >= 4 is 10.9 Å². The van der Waals surface area contributed by atoms with Gasteiger partial charge in [-0.15, -0.1) is 0 Å². The summed E-state index contributed by atoms with van der Waals surface area (Å²) in [5, 5.41) is 0.703. The van der Waals surface area contributed by atoms with Gasteiger partial charge in [0.05, 0.1) is 11.2 Å². The van der Waals surface area contributed by atoms with Gasteiger partial charge in [-0.3, -0.25) is 4.79 Å². The first kappa shape index (κ1) is 12.7. The molecule has 0 amide bonds. The third-order valence-corrected chi connectivity index (χ3v) is 3.70. The lowest BCUT2D eigenvalue weighted by molar-refractivity contribution is 0.494. The number of rotatable bonds is 1. The molecule has 0 aliphatic heterocycles. The summed E-state index contributed by atoms with van der Waals surface area (Å²) < 4.78 is 5.44. The van der Waals surface area contributed by atoms with Gasteiger partial charge in [-0.2, -0.15) is 0 Å². The Morgan fingerprint density at radius 2 is 1.90 bits per heavy atom. The van der Waals surface area contributed by atoms with E-state index in [2.05, 4.69) is 9.97 Å². The van der Waals surface area contributed by atoms with E-state index in [4.69, 9.17) is 4.42 Å². The van der Waals surface area contributed by atoms with Crippen molar-refractivity contribution in [1.82, 2.24) is 9.97 Å². The molecule has 0 unspecified atom stereocenters. The van der Waals surface area contributed by atoms with E-state index in [0.29, 0.717) is 28.4 Å². The summed E-state index contributed by atoms with van der Waals surface area (Å²) in [6.45, 7) is 7.69. The third-order valence-electron chi connectivity index (χ3n) is 3.70. The number of aromatic nitrogens is 2. The number of benzene rings is 1. The molecule has 0 radical (unpaired) electrons. The molecule has 20 heavy (non-hydrogen) atoms. The standard InChI is InChI=1S/C16H16N2O2/c1-8-5-6-12-14(19)7-13(18-15(12)9(8)2)16-10(3)20-11(4)17-16/h5-7H,1-4H3,(H,18,19). The maximum atomic E-state index is 12.3. The van der Waals surface area contributed by atoms with Crippen LogP contribution in [0.1, 0.15) is 22.8 Å². The SMILES string of the molecule is Cc1nc(-c2cc(=O)c3ccc(C)c(C)c3[nH]2)c(C)o1.